The molecule has 1 aromatic rings. The number of halogens is 1. The summed E-state index contributed by atoms with van der Waals surface area (Å²) in [5, 5.41) is 3.03. The van der Waals surface area contributed by atoms with E-state index in [0.717, 1.165) is 0 Å². The highest BCUT2D eigenvalue weighted by Crippen LogP contribution is 2.18. The fraction of sp³-hybridized carbons (Fsp3) is 0.333. The largest absolute Gasteiger partial charge is 0.369 e. The van der Waals surface area contributed by atoms with Gasteiger partial charge in [0.25, 0.3) is 5.91 Å². The molecule has 112 valence electrons. The summed E-state index contributed by atoms with van der Waals surface area (Å²) in [7, 11) is 0. The fourth-order valence-electron chi connectivity index (χ4n) is 1.39. The predicted octanol–water partition coefficient (Wildman–Crippen LogP) is 0.892. The zero-order valence-corrected chi connectivity index (χ0v) is 12.8. The quantitative estimate of drug-likeness (QED) is 0.720. The molecule has 0 bridgehead atoms. The van der Waals surface area contributed by atoms with Gasteiger partial charge in [-0.3, -0.25) is 9.59 Å². The summed E-state index contributed by atoms with van der Waals surface area (Å²) < 4.78 is 0. The normalized spacial score (nSPS) is 10.5. The first-order valence-electron chi connectivity index (χ1n) is 6.34. The second-order valence-corrected chi connectivity index (χ2v) is 5.54. The van der Waals surface area contributed by atoms with E-state index in [4.69, 9.17) is 23.1 Å². The molecule has 0 aromatic heterocycles. The number of nitrogens with two attached hydrogens (primary N) is 2. The summed E-state index contributed by atoms with van der Waals surface area (Å²) in [4.78, 5) is 23.2. The van der Waals surface area contributed by atoms with Crippen molar-refractivity contribution in [1.29, 1.82) is 0 Å². The predicted molar refractivity (Wildman–Crippen MR) is 82.7 cm³/mol. The lowest BCUT2D eigenvalue weighted by Gasteiger charge is -2.20. The minimum absolute atomic E-state index is 0.146. The van der Waals surface area contributed by atoms with Gasteiger partial charge in [0.1, 0.15) is 0 Å². The molecule has 0 aliphatic rings. The van der Waals surface area contributed by atoms with E-state index in [2.05, 4.69) is 17.2 Å². The molecule has 1 aromatic carbocycles. The molecule has 0 unspecified atom stereocenters. The van der Waals surface area contributed by atoms with Crippen LogP contribution in [0.2, 0.25) is 5.02 Å². The number of hydrogen-bond acceptors (Lipinski definition) is 3. The first kappa shape index (κ1) is 17.0. The first-order valence-corrected chi connectivity index (χ1v) is 6.72. The third kappa shape index (κ3) is 4.78. The Morgan fingerprint density at radius 3 is 2.57 bits per heavy atom. The standard InChI is InChI=1S/C15H18ClN3O2/c1-15(2,14(18)21)9-19-13(20)11-6-5-10(4-3-7-17)12(16)8-11/h5-6,8H,7,9,17H2,1-2H3,(H2,18,21)(H,19,20). The maximum atomic E-state index is 12.0. The smallest absolute Gasteiger partial charge is 0.251 e. The van der Waals surface area contributed by atoms with Gasteiger partial charge in [-0.2, -0.15) is 0 Å². The molecular formula is C15H18ClN3O2. The number of carbonyl (C=O) groups excluding carboxylic acids is 2. The molecule has 0 fully saturated rings. The average Bonchev–Trinajstić information content (AvgIpc) is 2.43. The lowest BCUT2D eigenvalue weighted by atomic mass is 9.92. The molecule has 5 N–H and O–H groups in total. The van der Waals surface area contributed by atoms with Crippen LogP contribution >= 0.6 is 11.6 Å². The molecule has 0 spiro atoms. The van der Waals surface area contributed by atoms with E-state index < -0.39 is 11.3 Å². The highest BCUT2D eigenvalue weighted by atomic mass is 35.5. The SMILES string of the molecule is CC(C)(CNC(=O)c1ccc(C#CCN)c(Cl)c1)C(N)=O. The van der Waals surface area contributed by atoms with Gasteiger partial charge in [0.15, 0.2) is 0 Å². The van der Waals surface area contributed by atoms with Crippen LogP contribution in [0.25, 0.3) is 0 Å². The van der Waals surface area contributed by atoms with Crippen molar-refractivity contribution in [2.45, 2.75) is 13.8 Å². The highest BCUT2D eigenvalue weighted by Gasteiger charge is 2.25. The van der Waals surface area contributed by atoms with Crippen molar-refractivity contribution >= 4 is 23.4 Å². The van der Waals surface area contributed by atoms with E-state index in [0.29, 0.717) is 16.1 Å². The molecule has 0 radical (unpaired) electrons. The molecule has 1 rings (SSSR count). The minimum Gasteiger partial charge on any atom is -0.369 e. The Balaban J connectivity index is 2.80. The zero-order chi connectivity index (χ0) is 16.0. The molecule has 0 saturated carbocycles. The van der Waals surface area contributed by atoms with Crippen molar-refractivity contribution < 1.29 is 9.59 Å². The number of benzene rings is 1. The molecule has 0 aliphatic heterocycles. The minimum atomic E-state index is -0.813. The van der Waals surface area contributed by atoms with Gasteiger partial charge in [-0.15, -0.1) is 0 Å². The number of amides is 2. The Morgan fingerprint density at radius 2 is 2.05 bits per heavy atom. The Labute approximate surface area is 129 Å². The molecule has 21 heavy (non-hydrogen) atoms. The van der Waals surface area contributed by atoms with Gasteiger partial charge in [-0.25, -0.2) is 0 Å². The van der Waals surface area contributed by atoms with Crippen molar-refractivity contribution in [3.05, 3.63) is 34.3 Å². The van der Waals surface area contributed by atoms with Gasteiger partial charge in [0, 0.05) is 17.7 Å². The summed E-state index contributed by atoms with van der Waals surface area (Å²) >= 11 is 6.05. The van der Waals surface area contributed by atoms with Gasteiger partial charge in [0.2, 0.25) is 5.91 Å². The molecule has 0 heterocycles. The topological polar surface area (TPSA) is 98.2 Å². The van der Waals surface area contributed by atoms with Crippen LogP contribution in [0.3, 0.4) is 0 Å². The lowest BCUT2D eigenvalue weighted by Crippen LogP contribution is -2.42. The van der Waals surface area contributed by atoms with Crippen LogP contribution in [0.5, 0.6) is 0 Å². The Bertz CT molecular complexity index is 615. The van der Waals surface area contributed by atoms with Crippen molar-refractivity contribution in [3.8, 4) is 11.8 Å². The third-order valence-corrected chi connectivity index (χ3v) is 3.23. The van der Waals surface area contributed by atoms with E-state index in [1.165, 1.54) is 6.07 Å². The van der Waals surface area contributed by atoms with Crippen molar-refractivity contribution in [1.82, 2.24) is 5.32 Å². The van der Waals surface area contributed by atoms with Crippen molar-refractivity contribution in [3.63, 3.8) is 0 Å². The van der Waals surface area contributed by atoms with E-state index in [-0.39, 0.29) is 19.0 Å². The summed E-state index contributed by atoms with van der Waals surface area (Å²) in [5.41, 5.74) is 10.7. The van der Waals surface area contributed by atoms with Crippen LogP contribution in [-0.4, -0.2) is 24.9 Å². The zero-order valence-electron chi connectivity index (χ0n) is 12.0. The van der Waals surface area contributed by atoms with Crippen LogP contribution in [0, 0.1) is 17.3 Å². The van der Waals surface area contributed by atoms with Crippen LogP contribution in [0.1, 0.15) is 29.8 Å². The lowest BCUT2D eigenvalue weighted by molar-refractivity contribution is -0.125. The molecule has 0 atom stereocenters. The van der Waals surface area contributed by atoms with Gasteiger partial charge >= 0.3 is 0 Å². The number of primary amides is 1. The van der Waals surface area contributed by atoms with Gasteiger partial charge in [-0.1, -0.05) is 23.4 Å². The fourth-order valence-corrected chi connectivity index (χ4v) is 1.62. The number of hydrogen-bond donors (Lipinski definition) is 3. The number of carbonyl (C=O) groups is 2. The first-order chi connectivity index (χ1) is 9.77. The van der Waals surface area contributed by atoms with Gasteiger partial charge in [0.05, 0.1) is 17.0 Å². The Hall–Kier alpha value is -2.03. The van der Waals surface area contributed by atoms with Crippen molar-refractivity contribution in [2.24, 2.45) is 16.9 Å². The average molecular weight is 308 g/mol. The second kappa shape index (κ2) is 7.11. The van der Waals surface area contributed by atoms with Gasteiger partial charge < -0.3 is 16.8 Å². The maximum absolute atomic E-state index is 12.0. The van der Waals surface area contributed by atoms with Crippen LogP contribution in [-0.2, 0) is 4.79 Å². The maximum Gasteiger partial charge on any atom is 0.251 e. The van der Waals surface area contributed by atoms with Crippen LogP contribution in [0.4, 0.5) is 0 Å². The molecule has 0 aliphatic carbocycles. The summed E-state index contributed by atoms with van der Waals surface area (Å²) in [6.45, 7) is 3.70. The number of nitrogens with one attached hydrogen (secondary N) is 1. The van der Waals surface area contributed by atoms with E-state index in [9.17, 15) is 9.59 Å². The second-order valence-electron chi connectivity index (χ2n) is 5.13. The Morgan fingerprint density at radius 1 is 1.38 bits per heavy atom. The molecule has 2 amide bonds. The van der Waals surface area contributed by atoms with Crippen LogP contribution < -0.4 is 16.8 Å². The summed E-state index contributed by atoms with van der Waals surface area (Å²) in [6, 6.07) is 4.78. The van der Waals surface area contributed by atoms with E-state index in [1.54, 1.807) is 26.0 Å². The van der Waals surface area contributed by atoms with Crippen LogP contribution in [0.15, 0.2) is 18.2 Å². The molecule has 5 nitrogen and oxygen atoms in total. The molecule has 0 saturated heterocycles. The summed E-state index contributed by atoms with van der Waals surface area (Å²) in [5.74, 6) is 4.70. The summed E-state index contributed by atoms with van der Waals surface area (Å²) in [6.07, 6.45) is 0. The van der Waals surface area contributed by atoms with Crippen molar-refractivity contribution in [2.75, 3.05) is 13.1 Å². The van der Waals surface area contributed by atoms with E-state index in [1.807, 2.05) is 0 Å². The Kier molecular flexibility index (Phi) is 5.77. The highest BCUT2D eigenvalue weighted by molar-refractivity contribution is 6.32. The van der Waals surface area contributed by atoms with E-state index >= 15 is 0 Å². The molecular weight excluding hydrogens is 290 g/mol. The number of rotatable bonds is 4. The molecule has 6 heteroatoms. The third-order valence-electron chi connectivity index (χ3n) is 2.91. The monoisotopic (exact) mass is 307 g/mol. The van der Waals surface area contributed by atoms with Gasteiger partial charge in [-0.05, 0) is 32.0 Å².